The van der Waals surface area contributed by atoms with Crippen LogP contribution in [0.3, 0.4) is 0 Å². The van der Waals surface area contributed by atoms with E-state index in [4.69, 9.17) is 4.74 Å². The Bertz CT molecular complexity index is 1270. The third kappa shape index (κ3) is 3.83. The minimum Gasteiger partial charge on any atom is -0.497 e. The van der Waals surface area contributed by atoms with Crippen LogP contribution in [0.25, 0.3) is 20.8 Å². The number of nitrogens with one attached hydrogen (secondary N) is 1. The number of benzene rings is 3. The van der Waals surface area contributed by atoms with Crippen LogP contribution in [0, 0.1) is 15.9 Å². The van der Waals surface area contributed by atoms with Crippen LogP contribution in [-0.2, 0) is 0 Å². The highest BCUT2D eigenvalue weighted by Crippen LogP contribution is 2.32. The van der Waals surface area contributed by atoms with E-state index in [0.29, 0.717) is 5.69 Å². The number of nitro benzene ring substituents is 1. The van der Waals surface area contributed by atoms with Crippen molar-refractivity contribution in [2.45, 2.75) is 0 Å². The molecule has 4 aromatic rings. The first kappa shape index (κ1) is 19.5. The van der Waals surface area contributed by atoms with Crippen LogP contribution >= 0.6 is 11.3 Å². The van der Waals surface area contributed by atoms with Gasteiger partial charge in [0.2, 0.25) is 5.82 Å². The first-order valence-corrected chi connectivity index (χ1v) is 9.56. The molecule has 0 aliphatic rings. The van der Waals surface area contributed by atoms with Crippen molar-refractivity contribution in [1.82, 2.24) is 4.98 Å². The van der Waals surface area contributed by atoms with E-state index < -0.39 is 22.3 Å². The van der Waals surface area contributed by atoms with Gasteiger partial charge in [-0.1, -0.05) is 0 Å². The Morgan fingerprint density at radius 1 is 1.13 bits per heavy atom. The van der Waals surface area contributed by atoms with Crippen LogP contribution in [-0.4, -0.2) is 22.9 Å². The number of thiazole rings is 1. The zero-order valence-electron chi connectivity index (χ0n) is 15.6. The van der Waals surface area contributed by atoms with E-state index in [1.807, 2.05) is 30.3 Å². The van der Waals surface area contributed by atoms with Crippen LogP contribution in [0.2, 0.25) is 0 Å². The van der Waals surface area contributed by atoms with Crippen molar-refractivity contribution in [3.63, 3.8) is 0 Å². The molecule has 1 heterocycles. The Hall–Kier alpha value is -3.85. The summed E-state index contributed by atoms with van der Waals surface area (Å²) in [6.45, 7) is 0. The normalized spacial score (nSPS) is 10.7. The van der Waals surface area contributed by atoms with Crippen LogP contribution in [0.1, 0.15) is 10.4 Å². The lowest BCUT2D eigenvalue weighted by molar-refractivity contribution is -0.387. The molecular formula is C21H14FN3O4S. The number of nitrogens with zero attached hydrogens (tertiary/aromatic N) is 2. The van der Waals surface area contributed by atoms with E-state index in [0.717, 1.165) is 38.7 Å². The molecule has 0 saturated heterocycles. The number of rotatable bonds is 5. The van der Waals surface area contributed by atoms with Crippen LogP contribution in [0.4, 0.5) is 15.8 Å². The monoisotopic (exact) mass is 423 g/mol. The maximum Gasteiger partial charge on any atom is 0.305 e. The molecule has 0 aliphatic carbocycles. The Balaban J connectivity index is 1.53. The van der Waals surface area contributed by atoms with Crippen LogP contribution in [0.5, 0.6) is 5.75 Å². The second-order valence-corrected chi connectivity index (χ2v) is 7.34. The molecule has 0 saturated carbocycles. The fourth-order valence-corrected chi connectivity index (χ4v) is 3.85. The number of hydrogen-bond donors (Lipinski definition) is 1. The summed E-state index contributed by atoms with van der Waals surface area (Å²) in [5.41, 5.74) is 1.49. The molecule has 0 spiro atoms. The third-order valence-corrected chi connectivity index (χ3v) is 5.46. The quantitative estimate of drug-likeness (QED) is 0.348. The zero-order chi connectivity index (χ0) is 21.3. The molecule has 0 radical (unpaired) electrons. The van der Waals surface area contributed by atoms with E-state index in [9.17, 15) is 19.3 Å². The molecule has 150 valence electrons. The maximum absolute atomic E-state index is 13.5. The van der Waals surface area contributed by atoms with Crippen LogP contribution in [0.15, 0.2) is 60.7 Å². The van der Waals surface area contributed by atoms with E-state index in [1.54, 1.807) is 19.2 Å². The average Bonchev–Trinajstić information content (AvgIpc) is 3.17. The van der Waals surface area contributed by atoms with Gasteiger partial charge in [0.15, 0.2) is 0 Å². The molecule has 0 atom stereocenters. The van der Waals surface area contributed by atoms with Gasteiger partial charge in [0.1, 0.15) is 10.8 Å². The van der Waals surface area contributed by atoms with Gasteiger partial charge < -0.3 is 10.1 Å². The molecule has 7 nitrogen and oxygen atoms in total. The summed E-state index contributed by atoms with van der Waals surface area (Å²) in [6.07, 6.45) is 0. The number of carbonyl (C=O) groups is 1. The standard InChI is InChI=1S/C21H14FN3O4S/c1-29-15-7-9-17-19(11-15)30-21(24-17)12-2-5-14(6-3-12)23-20(26)13-4-8-16(22)18(10-13)25(27)28/h2-11H,1H3,(H,23,26). The summed E-state index contributed by atoms with van der Waals surface area (Å²) < 4.78 is 19.7. The number of carbonyl (C=O) groups excluding carboxylic acids is 1. The Kier molecular flexibility index (Phi) is 5.11. The highest BCUT2D eigenvalue weighted by atomic mass is 32.1. The van der Waals surface area contributed by atoms with Gasteiger partial charge in [0, 0.05) is 22.9 Å². The predicted octanol–water partition coefficient (Wildman–Crippen LogP) is 5.27. The first-order valence-electron chi connectivity index (χ1n) is 8.75. The van der Waals surface area contributed by atoms with Crippen molar-refractivity contribution in [3.8, 4) is 16.3 Å². The van der Waals surface area contributed by atoms with Crippen molar-refractivity contribution in [3.05, 3.63) is 82.2 Å². The zero-order valence-corrected chi connectivity index (χ0v) is 16.4. The largest absolute Gasteiger partial charge is 0.497 e. The summed E-state index contributed by atoms with van der Waals surface area (Å²) in [5.74, 6) is -0.802. The summed E-state index contributed by atoms with van der Waals surface area (Å²) in [5, 5.41) is 14.3. The van der Waals surface area contributed by atoms with Gasteiger partial charge in [-0.2, -0.15) is 4.39 Å². The van der Waals surface area contributed by atoms with Crippen molar-refractivity contribution in [2.75, 3.05) is 12.4 Å². The lowest BCUT2D eigenvalue weighted by Crippen LogP contribution is -2.12. The Morgan fingerprint density at radius 2 is 1.90 bits per heavy atom. The second kappa shape index (κ2) is 7.88. The SMILES string of the molecule is COc1ccc2nc(-c3ccc(NC(=O)c4ccc(F)c([N+](=O)[O-])c4)cc3)sc2c1. The molecule has 1 aromatic heterocycles. The fourth-order valence-electron chi connectivity index (χ4n) is 2.85. The van der Waals surface area contributed by atoms with Crippen molar-refractivity contribution in [2.24, 2.45) is 0 Å². The number of anilines is 1. The van der Waals surface area contributed by atoms with Gasteiger partial charge >= 0.3 is 5.69 Å². The van der Waals surface area contributed by atoms with E-state index in [-0.39, 0.29) is 5.56 Å². The molecule has 0 bridgehead atoms. The van der Waals surface area contributed by atoms with Crippen molar-refractivity contribution >= 4 is 38.8 Å². The number of hydrogen-bond acceptors (Lipinski definition) is 6. The number of amides is 1. The number of halogens is 1. The molecule has 30 heavy (non-hydrogen) atoms. The number of methoxy groups -OCH3 is 1. The van der Waals surface area contributed by atoms with Gasteiger partial charge in [-0.15, -0.1) is 11.3 Å². The van der Waals surface area contributed by atoms with Crippen molar-refractivity contribution in [1.29, 1.82) is 0 Å². The Labute approximate surface area is 173 Å². The maximum atomic E-state index is 13.5. The average molecular weight is 423 g/mol. The van der Waals surface area contributed by atoms with Gasteiger partial charge in [-0.3, -0.25) is 14.9 Å². The molecule has 0 fully saturated rings. The lowest BCUT2D eigenvalue weighted by Gasteiger charge is -2.06. The van der Waals surface area contributed by atoms with Crippen molar-refractivity contribution < 1.29 is 18.8 Å². The second-order valence-electron chi connectivity index (χ2n) is 6.31. The van der Waals surface area contributed by atoms with Gasteiger partial charge in [-0.25, -0.2) is 4.98 Å². The molecule has 3 aromatic carbocycles. The van der Waals surface area contributed by atoms with Crippen LogP contribution < -0.4 is 10.1 Å². The predicted molar refractivity (Wildman–Crippen MR) is 113 cm³/mol. The summed E-state index contributed by atoms with van der Waals surface area (Å²) in [7, 11) is 1.61. The highest BCUT2D eigenvalue weighted by Gasteiger charge is 2.17. The minimum atomic E-state index is -0.991. The van der Waals surface area contributed by atoms with Gasteiger partial charge in [-0.05, 0) is 54.6 Å². The molecule has 9 heteroatoms. The van der Waals surface area contributed by atoms with E-state index in [2.05, 4.69) is 10.3 Å². The molecule has 1 amide bonds. The molecule has 0 unspecified atom stereocenters. The smallest absolute Gasteiger partial charge is 0.305 e. The number of aromatic nitrogens is 1. The minimum absolute atomic E-state index is 0.00713. The molecule has 0 aliphatic heterocycles. The molecule has 1 N–H and O–H groups in total. The Morgan fingerprint density at radius 3 is 2.60 bits per heavy atom. The number of ether oxygens (including phenoxy) is 1. The highest BCUT2D eigenvalue weighted by molar-refractivity contribution is 7.21. The summed E-state index contributed by atoms with van der Waals surface area (Å²) in [4.78, 5) is 26.9. The summed E-state index contributed by atoms with van der Waals surface area (Å²) in [6, 6.07) is 15.7. The molecular weight excluding hydrogens is 409 g/mol. The third-order valence-electron chi connectivity index (χ3n) is 4.39. The van der Waals surface area contributed by atoms with E-state index >= 15 is 0 Å². The molecule has 4 rings (SSSR count). The van der Waals surface area contributed by atoms with Gasteiger partial charge in [0.25, 0.3) is 5.91 Å². The van der Waals surface area contributed by atoms with E-state index in [1.165, 1.54) is 17.4 Å². The topological polar surface area (TPSA) is 94.4 Å². The number of fused-ring (bicyclic) bond motifs is 1. The fraction of sp³-hybridized carbons (Fsp3) is 0.0476. The number of nitro groups is 1. The lowest BCUT2D eigenvalue weighted by atomic mass is 10.1. The summed E-state index contributed by atoms with van der Waals surface area (Å²) >= 11 is 1.52. The first-order chi connectivity index (χ1) is 14.4. The van der Waals surface area contributed by atoms with Gasteiger partial charge in [0.05, 0.1) is 22.2 Å².